The topological polar surface area (TPSA) is 37.3 Å². The van der Waals surface area contributed by atoms with E-state index in [9.17, 15) is 13.6 Å². The van der Waals surface area contributed by atoms with E-state index in [1.807, 2.05) is 0 Å². The van der Waals surface area contributed by atoms with Crippen molar-refractivity contribution in [3.05, 3.63) is 35.4 Å². The molecule has 1 aromatic rings. The van der Waals surface area contributed by atoms with E-state index in [4.69, 9.17) is 5.11 Å². The molecule has 2 nitrogen and oxygen atoms in total. The Morgan fingerprint density at radius 3 is 2.40 bits per heavy atom. The molecule has 2 unspecified atom stereocenters. The zero-order chi connectivity index (χ0) is 11.2. The van der Waals surface area contributed by atoms with E-state index in [1.165, 1.54) is 6.07 Å². The Kier molecular flexibility index (Phi) is 2.03. The maximum atomic E-state index is 13.4. The van der Waals surface area contributed by atoms with Gasteiger partial charge in [-0.05, 0) is 18.6 Å². The predicted molar refractivity (Wildman–Crippen MR) is 49.5 cm³/mol. The molecule has 1 aromatic carbocycles. The molecule has 1 saturated carbocycles. The third-order valence-electron chi connectivity index (χ3n) is 3.07. The molecule has 0 saturated heterocycles. The molecule has 0 heterocycles. The summed E-state index contributed by atoms with van der Waals surface area (Å²) in [4.78, 5) is 10.7. The van der Waals surface area contributed by atoms with Gasteiger partial charge < -0.3 is 5.11 Å². The molecule has 0 aliphatic heterocycles. The molecule has 1 aliphatic carbocycles. The zero-order valence-corrected chi connectivity index (χ0v) is 8.13. The van der Waals surface area contributed by atoms with Gasteiger partial charge >= 0.3 is 5.97 Å². The summed E-state index contributed by atoms with van der Waals surface area (Å²) in [7, 11) is 0. The second-order valence-electron chi connectivity index (χ2n) is 4.11. The molecule has 80 valence electrons. The molecule has 1 aliphatic rings. The van der Waals surface area contributed by atoms with Crippen LogP contribution in [-0.2, 0) is 10.2 Å². The molecule has 4 heteroatoms. The van der Waals surface area contributed by atoms with E-state index in [1.54, 1.807) is 6.92 Å². The van der Waals surface area contributed by atoms with Gasteiger partial charge in [-0.1, -0.05) is 13.0 Å². The highest BCUT2D eigenvalue weighted by atomic mass is 19.1. The van der Waals surface area contributed by atoms with Gasteiger partial charge in [0, 0.05) is 11.0 Å². The zero-order valence-electron chi connectivity index (χ0n) is 8.13. The van der Waals surface area contributed by atoms with Gasteiger partial charge in [0.25, 0.3) is 0 Å². The normalized spacial score (nSPS) is 28.9. The van der Waals surface area contributed by atoms with Gasteiger partial charge in [-0.3, -0.25) is 4.79 Å². The van der Waals surface area contributed by atoms with Crippen LogP contribution in [0.15, 0.2) is 18.2 Å². The minimum atomic E-state index is -1.000. The van der Waals surface area contributed by atoms with Crippen molar-refractivity contribution in [2.24, 2.45) is 5.92 Å². The molecule has 2 rings (SSSR count). The lowest BCUT2D eigenvalue weighted by molar-refractivity contribution is -0.138. The van der Waals surface area contributed by atoms with Crippen LogP contribution in [0.1, 0.15) is 18.9 Å². The van der Waals surface area contributed by atoms with Crippen molar-refractivity contribution in [2.75, 3.05) is 0 Å². The van der Waals surface area contributed by atoms with Crippen LogP contribution in [0, 0.1) is 17.6 Å². The summed E-state index contributed by atoms with van der Waals surface area (Å²) >= 11 is 0. The van der Waals surface area contributed by atoms with Crippen LogP contribution in [0.25, 0.3) is 0 Å². The SMILES string of the molecule is CC1(c2c(F)cccc2F)CC1C(=O)O. The van der Waals surface area contributed by atoms with E-state index in [0.717, 1.165) is 12.1 Å². The second kappa shape index (κ2) is 3.02. The van der Waals surface area contributed by atoms with Crippen molar-refractivity contribution in [1.29, 1.82) is 0 Å². The van der Waals surface area contributed by atoms with Crippen LogP contribution < -0.4 is 0 Å². The van der Waals surface area contributed by atoms with Crippen LogP contribution in [0.3, 0.4) is 0 Å². The van der Waals surface area contributed by atoms with Crippen LogP contribution in [0.2, 0.25) is 0 Å². The minimum Gasteiger partial charge on any atom is -0.481 e. The Balaban J connectivity index is 2.44. The van der Waals surface area contributed by atoms with Gasteiger partial charge in [0.15, 0.2) is 0 Å². The van der Waals surface area contributed by atoms with Crippen LogP contribution in [0.4, 0.5) is 8.78 Å². The number of hydrogen-bond acceptors (Lipinski definition) is 1. The lowest BCUT2D eigenvalue weighted by Crippen LogP contribution is -2.14. The molecule has 1 N–H and O–H groups in total. The number of hydrogen-bond donors (Lipinski definition) is 1. The summed E-state index contributed by atoms with van der Waals surface area (Å²) in [6.45, 7) is 1.58. The third kappa shape index (κ3) is 1.40. The summed E-state index contributed by atoms with van der Waals surface area (Å²) in [6, 6.07) is 3.58. The molecular formula is C11H10F2O2. The number of halogens is 2. The molecule has 0 radical (unpaired) electrons. The van der Waals surface area contributed by atoms with Gasteiger partial charge in [-0.2, -0.15) is 0 Å². The Morgan fingerprint density at radius 2 is 2.00 bits per heavy atom. The quantitative estimate of drug-likeness (QED) is 0.816. The van der Waals surface area contributed by atoms with Gasteiger partial charge in [0.2, 0.25) is 0 Å². The maximum Gasteiger partial charge on any atom is 0.307 e. The Labute approximate surface area is 85.5 Å². The fourth-order valence-corrected chi connectivity index (χ4v) is 2.04. The molecule has 1 fully saturated rings. The molecule has 0 bridgehead atoms. The van der Waals surface area contributed by atoms with Crippen LogP contribution in [0.5, 0.6) is 0 Å². The second-order valence-corrected chi connectivity index (χ2v) is 4.11. The molecule has 15 heavy (non-hydrogen) atoms. The lowest BCUT2D eigenvalue weighted by Gasteiger charge is -2.12. The largest absolute Gasteiger partial charge is 0.481 e. The van der Waals surface area contributed by atoms with Crippen molar-refractivity contribution in [2.45, 2.75) is 18.8 Å². The molecule has 0 amide bonds. The van der Waals surface area contributed by atoms with Crippen molar-refractivity contribution in [3.63, 3.8) is 0 Å². The first-order valence-corrected chi connectivity index (χ1v) is 4.64. The van der Waals surface area contributed by atoms with E-state index < -0.39 is 28.9 Å². The van der Waals surface area contributed by atoms with Crippen LogP contribution >= 0.6 is 0 Å². The lowest BCUT2D eigenvalue weighted by atomic mass is 9.94. The molecule has 2 atom stereocenters. The fraction of sp³-hybridized carbons (Fsp3) is 0.364. The summed E-state index contributed by atoms with van der Waals surface area (Å²) in [5.74, 6) is -3.01. The van der Waals surface area contributed by atoms with Crippen molar-refractivity contribution in [3.8, 4) is 0 Å². The van der Waals surface area contributed by atoms with E-state index in [2.05, 4.69) is 0 Å². The molecular weight excluding hydrogens is 202 g/mol. The predicted octanol–water partition coefficient (Wildman–Crippen LogP) is 2.33. The standard InChI is InChI=1S/C11H10F2O2/c1-11(5-6(11)10(14)15)9-7(12)3-2-4-8(9)13/h2-4,6H,5H2,1H3,(H,14,15). The first kappa shape index (κ1) is 10.1. The minimum absolute atomic E-state index is 0.0996. The van der Waals surface area contributed by atoms with Gasteiger partial charge in [0.1, 0.15) is 11.6 Å². The molecule has 0 aromatic heterocycles. The Morgan fingerprint density at radius 1 is 1.47 bits per heavy atom. The number of carboxylic acid groups (broad SMARTS) is 1. The van der Waals surface area contributed by atoms with E-state index in [-0.39, 0.29) is 5.56 Å². The van der Waals surface area contributed by atoms with Gasteiger partial charge in [0.05, 0.1) is 5.92 Å². The van der Waals surface area contributed by atoms with Crippen LogP contribution in [-0.4, -0.2) is 11.1 Å². The Bertz CT molecular complexity index is 410. The highest BCUT2D eigenvalue weighted by Gasteiger charge is 2.58. The monoisotopic (exact) mass is 212 g/mol. The van der Waals surface area contributed by atoms with E-state index in [0.29, 0.717) is 6.42 Å². The summed E-state index contributed by atoms with van der Waals surface area (Å²) < 4.78 is 26.8. The number of carboxylic acids is 1. The van der Waals surface area contributed by atoms with Crippen molar-refractivity contribution >= 4 is 5.97 Å². The summed E-state index contributed by atoms with van der Waals surface area (Å²) in [6.07, 6.45) is 0.292. The number of benzene rings is 1. The first-order chi connectivity index (χ1) is 6.97. The van der Waals surface area contributed by atoms with Crippen molar-refractivity contribution in [1.82, 2.24) is 0 Å². The van der Waals surface area contributed by atoms with E-state index >= 15 is 0 Å². The van der Waals surface area contributed by atoms with Gasteiger partial charge in [-0.15, -0.1) is 0 Å². The number of carbonyl (C=O) groups is 1. The highest BCUT2D eigenvalue weighted by Crippen LogP contribution is 2.55. The summed E-state index contributed by atoms with van der Waals surface area (Å²) in [5, 5.41) is 8.79. The maximum absolute atomic E-state index is 13.4. The average Bonchev–Trinajstić information content (AvgIpc) is 2.78. The fourth-order valence-electron chi connectivity index (χ4n) is 2.04. The Hall–Kier alpha value is -1.45. The first-order valence-electron chi connectivity index (χ1n) is 4.64. The average molecular weight is 212 g/mol. The third-order valence-corrected chi connectivity index (χ3v) is 3.07. The highest BCUT2D eigenvalue weighted by molar-refractivity contribution is 5.77. The number of aliphatic carboxylic acids is 1. The van der Waals surface area contributed by atoms with Crippen molar-refractivity contribution < 1.29 is 18.7 Å². The number of rotatable bonds is 2. The summed E-state index contributed by atoms with van der Waals surface area (Å²) in [5.41, 5.74) is -0.987. The smallest absolute Gasteiger partial charge is 0.307 e. The molecule has 0 spiro atoms. The van der Waals surface area contributed by atoms with Gasteiger partial charge in [-0.25, -0.2) is 8.78 Å².